The minimum absolute atomic E-state index is 0.0192. The Morgan fingerprint density at radius 2 is 1.48 bits per heavy atom. The number of aryl methyl sites for hydroxylation is 1. The lowest BCUT2D eigenvalue weighted by molar-refractivity contribution is -0.138. The highest BCUT2D eigenvalue weighted by atomic mass is 35.5. The number of amidine groups is 1. The maximum atomic E-state index is 15.4. The number of thiazole rings is 1. The maximum Gasteiger partial charge on any atom is 0.326 e. The fraction of sp³-hybridized carbons (Fsp3) is 0.377. The van der Waals surface area contributed by atoms with Crippen LogP contribution in [0.3, 0.4) is 0 Å². The van der Waals surface area contributed by atoms with E-state index in [9.17, 15) is 14.4 Å². The SMILES string of the molecule is COc1ccc(C2=N[C@@H](c3ccc(Cl)cc3)[C@@H](c3ccc(Cl)cc3)N2C(=O)N2CCN(C3CCCCC(Oc4ccc(C(=O)Nc5ncc(Sc6cc(C(=O)N7CCOCC7)c(OC)cc6C)s5)cc4)CC3)C(=O)C2)c(OC(C)C)c1. The van der Waals surface area contributed by atoms with Crippen molar-refractivity contribution >= 4 is 81.0 Å². The first-order valence-corrected chi connectivity index (χ1v) is 29.7. The predicted molar refractivity (Wildman–Crippen MR) is 315 cm³/mol. The van der Waals surface area contributed by atoms with Crippen LogP contribution in [0.25, 0.3) is 0 Å². The van der Waals surface area contributed by atoms with E-state index in [1.165, 1.54) is 23.1 Å². The minimum atomic E-state index is -0.612. The third-order valence-electron chi connectivity index (χ3n) is 15.0. The Morgan fingerprint density at radius 3 is 2.17 bits per heavy atom. The van der Waals surface area contributed by atoms with E-state index in [2.05, 4.69) is 10.3 Å². The van der Waals surface area contributed by atoms with Gasteiger partial charge < -0.3 is 38.4 Å². The molecule has 3 fully saturated rings. The van der Waals surface area contributed by atoms with E-state index >= 15 is 4.79 Å². The smallest absolute Gasteiger partial charge is 0.326 e. The van der Waals surface area contributed by atoms with Gasteiger partial charge in [0.05, 0.1) is 67.2 Å². The number of rotatable bonds is 15. The summed E-state index contributed by atoms with van der Waals surface area (Å²) in [6.45, 7) is 8.51. The molecule has 5 amide bonds. The average molecular weight is 1180 g/mol. The molecule has 4 atom stereocenters. The molecule has 20 heteroatoms. The molecule has 4 aliphatic rings. The van der Waals surface area contributed by atoms with Crippen molar-refractivity contribution in [3.63, 3.8) is 0 Å². The van der Waals surface area contributed by atoms with Crippen LogP contribution in [0.15, 0.2) is 123 Å². The summed E-state index contributed by atoms with van der Waals surface area (Å²) in [6.07, 6.45) is 6.48. The van der Waals surface area contributed by atoms with Crippen molar-refractivity contribution in [3.05, 3.63) is 153 Å². The molecular weight excluding hydrogens is 1110 g/mol. The van der Waals surface area contributed by atoms with E-state index in [4.69, 9.17) is 51.9 Å². The summed E-state index contributed by atoms with van der Waals surface area (Å²) in [5.41, 5.74) is 4.18. The number of urea groups is 1. The van der Waals surface area contributed by atoms with E-state index in [-0.39, 0.29) is 48.5 Å². The summed E-state index contributed by atoms with van der Waals surface area (Å²) in [6, 6.07) is 29.8. The fourth-order valence-electron chi connectivity index (χ4n) is 10.8. The number of methoxy groups -OCH3 is 2. The summed E-state index contributed by atoms with van der Waals surface area (Å²) in [5.74, 6) is 2.18. The van der Waals surface area contributed by atoms with Gasteiger partial charge in [0, 0.05) is 58.8 Å². The molecule has 424 valence electrons. The number of morpholine rings is 1. The second-order valence-corrected chi connectivity index (χ2v) is 23.9. The Hall–Kier alpha value is -6.83. The van der Waals surface area contributed by atoms with Crippen LogP contribution in [-0.4, -0.2) is 133 Å². The highest BCUT2D eigenvalue weighted by molar-refractivity contribution is 8.01. The molecule has 1 N–H and O–H groups in total. The van der Waals surface area contributed by atoms with Gasteiger partial charge in [-0.25, -0.2) is 9.78 Å². The van der Waals surface area contributed by atoms with Crippen LogP contribution in [0.2, 0.25) is 10.0 Å². The Morgan fingerprint density at radius 1 is 0.778 bits per heavy atom. The van der Waals surface area contributed by atoms with Gasteiger partial charge >= 0.3 is 6.03 Å². The molecule has 81 heavy (non-hydrogen) atoms. The molecular formula is C61H65Cl2N7O9S2. The molecule has 3 aliphatic heterocycles. The van der Waals surface area contributed by atoms with Crippen LogP contribution in [0.4, 0.5) is 9.93 Å². The van der Waals surface area contributed by atoms with Crippen molar-refractivity contribution in [2.75, 3.05) is 65.5 Å². The van der Waals surface area contributed by atoms with Gasteiger partial charge in [0.25, 0.3) is 11.8 Å². The van der Waals surface area contributed by atoms with Crippen LogP contribution in [0, 0.1) is 6.92 Å². The van der Waals surface area contributed by atoms with Gasteiger partial charge in [-0.1, -0.05) is 77.0 Å². The van der Waals surface area contributed by atoms with Crippen LogP contribution >= 0.6 is 46.3 Å². The highest BCUT2D eigenvalue weighted by Gasteiger charge is 2.46. The molecule has 2 unspecified atom stereocenters. The van der Waals surface area contributed by atoms with Crippen LogP contribution < -0.4 is 24.3 Å². The number of halogens is 2. The number of anilines is 1. The third-order valence-corrected chi connectivity index (χ3v) is 17.6. The van der Waals surface area contributed by atoms with Gasteiger partial charge in [-0.3, -0.25) is 29.6 Å². The van der Waals surface area contributed by atoms with Gasteiger partial charge in [-0.15, -0.1) is 0 Å². The Bertz CT molecular complexity index is 3270. The Balaban J connectivity index is 0.776. The number of piperazine rings is 1. The van der Waals surface area contributed by atoms with Crippen molar-refractivity contribution in [2.24, 2.45) is 4.99 Å². The van der Waals surface area contributed by atoms with Gasteiger partial charge in [0.2, 0.25) is 5.91 Å². The van der Waals surface area contributed by atoms with E-state index in [1.54, 1.807) is 53.3 Å². The summed E-state index contributed by atoms with van der Waals surface area (Å²) in [4.78, 5) is 74.5. The zero-order valence-corrected chi connectivity index (χ0v) is 49.0. The van der Waals surface area contributed by atoms with E-state index in [1.807, 2.05) is 111 Å². The summed E-state index contributed by atoms with van der Waals surface area (Å²) in [5, 5.41) is 4.52. The van der Waals surface area contributed by atoms with Crippen molar-refractivity contribution in [1.29, 1.82) is 0 Å². The molecule has 4 heterocycles. The van der Waals surface area contributed by atoms with Crippen molar-refractivity contribution in [1.82, 2.24) is 24.6 Å². The van der Waals surface area contributed by atoms with Gasteiger partial charge in [0.1, 0.15) is 41.4 Å². The normalized spacial score (nSPS) is 19.7. The lowest BCUT2D eigenvalue weighted by Gasteiger charge is -2.42. The van der Waals surface area contributed by atoms with E-state index < -0.39 is 12.1 Å². The number of carbonyl (C=O) groups excluding carboxylic acids is 4. The summed E-state index contributed by atoms with van der Waals surface area (Å²) < 4.78 is 30.4. The van der Waals surface area contributed by atoms with E-state index in [0.29, 0.717) is 100 Å². The molecule has 1 aliphatic carbocycles. The molecule has 0 bridgehead atoms. The molecule has 1 saturated carbocycles. The number of benzene rings is 5. The number of hydrogen-bond donors (Lipinski definition) is 1. The predicted octanol–water partition coefficient (Wildman–Crippen LogP) is 12.4. The monoisotopic (exact) mass is 1170 g/mol. The minimum Gasteiger partial charge on any atom is -0.497 e. The average Bonchev–Trinajstić information content (AvgIpc) is 4.12. The number of amides is 5. The summed E-state index contributed by atoms with van der Waals surface area (Å²) >= 11 is 15.7. The van der Waals surface area contributed by atoms with Crippen molar-refractivity contribution in [2.45, 2.75) is 98.7 Å². The molecule has 5 aromatic carbocycles. The third kappa shape index (κ3) is 13.4. The first kappa shape index (κ1) is 57.4. The van der Waals surface area contributed by atoms with E-state index in [0.717, 1.165) is 64.3 Å². The van der Waals surface area contributed by atoms with Crippen LogP contribution in [0.5, 0.6) is 23.0 Å². The summed E-state index contributed by atoms with van der Waals surface area (Å²) in [7, 11) is 3.16. The largest absolute Gasteiger partial charge is 0.497 e. The maximum absolute atomic E-state index is 15.4. The second kappa shape index (κ2) is 26.0. The first-order valence-electron chi connectivity index (χ1n) is 27.3. The molecule has 0 spiro atoms. The number of ether oxygens (including phenoxy) is 5. The molecule has 16 nitrogen and oxygen atoms in total. The first-order chi connectivity index (χ1) is 39.2. The number of carbonyl (C=O) groups is 4. The molecule has 1 aromatic heterocycles. The van der Waals surface area contributed by atoms with Gasteiger partial charge in [0.15, 0.2) is 5.13 Å². The van der Waals surface area contributed by atoms with Crippen molar-refractivity contribution < 1.29 is 42.9 Å². The van der Waals surface area contributed by atoms with Crippen LogP contribution in [0.1, 0.15) is 107 Å². The Labute approximate surface area is 490 Å². The number of hydrogen-bond acceptors (Lipinski definition) is 13. The second-order valence-electron chi connectivity index (χ2n) is 20.7. The molecule has 0 radical (unpaired) electrons. The lowest BCUT2D eigenvalue weighted by atomic mass is 9.93. The number of nitrogens with zero attached hydrogens (tertiary/aromatic N) is 6. The molecule has 2 saturated heterocycles. The zero-order chi connectivity index (χ0) is 56.7. The number of aromatic nitrogens is 1. The number of nitrogens with one attached hydrogen (secondary N) is 1. The van der Waals surface area contributed by atoms with Crippen molar-refractivity contribution in [3.8, 4) is 23.0 Å². The molecule has 6 aromatic rings. The standard InChI is InChI=1S/C61H65Cl2N7O9S2/c1-37(2)78-51-33-47(75-4)24-25-48(51)57-65-55(39-10-16-42(62)17-11-39)56(40-12-18-43(63)19-13-40)70(57)61(74)68-26-27-69(53(71)36-68)44-8-6-7-9-45(23-20-44)79-46-21-14-41(15-22-46)58(72)66-60-64-35-54(81-60)80-52-34-49(50(76-5)32-38(52)3)59(73)67-28-30-77-31-29-67/h10-19,21-22,24-25,32-35,37,44-45,55-56H,6-9,20,23,26-31,36H2,1-5H3,(H,64,66,72)/t44?,45?,55-,56+/m0/s1. The lowest BCUT2D eigenvalue weighted by Crippen LogP contribution is -2.58. The van der Waals surface area contributed by atoms with Crippen LogP contribution in [-0.2, 0) is 9.53 Å². The fourth-order valence-corrected chi connectivity index (χ4v) is 13.0. The number of aliphatic imine (C=N–C) groups is 1. The Kier molecular flexibility index (Phi) is 18.4. The van der Waals surface area contributed by atoms with Gasteiger partial charge in [-0.05, 0) is 142 Å². The zero-order valence-electron chi connectivity index (χ0n) is 45.9. The molecule has 10 rings (SSSR count). The quantitative estimate of drug-likeness (QED) is 0.104. The topological polar surface area (TPSA) is 165 Å². The van der Waals surface area contributed by atoms with Gasteiger partial charge in [-0.2, -0.15) is 0 Å². The highest BCUT2D eigenvalue weighted by Crippen LogP contribution is 2.46.